The summed E-state index contributed by atoms with van der Waals surface area (Å²) in [7, 11) is 0. The number of rotatable bonds is 6. The standard InChI is InChI=1S/C21H23N3O3/c25-20(23-27)12-7-16-3-5-17(6-4-16)15-22-21(26)18-8-10-19(11-9-18)24-13-1-2-14-24/h3-12,27H,1-2,13-15H2,(H,22,26)(H,23,25)/b12-7+. The Balaban J connectivity index is 1.52. The van der Waals surface area contributed by atoms with E-state index in [0.29, 0.717) is 12.1 Å². The van der Waals surface area contributed by atoms with Gasteiger partial charge in [-0.05, 0) is 54.3 Å². The van der Waals surface area contributed by atoms with E-state index in [9.17, 15) is 9.59 Å². The average molecular weight is 365 g/mol. The van der Waals surface area contributed by atoms with Gasteiger partial charge in [0, 0.05) is 37.0 Å². The fraction of sp³-hybridized carbons (Fsp3) is 0.238. The molecule has 27 heavy (non-hydrogen) atoms. The second-order valence-electron chi connectivity index (χ2n) is 6.47. The van der Waals surface area contributed by atoms with Gasteiger partial charge in [-0.3, -0.25) is 14.8 Å². The molecule has 1 aliphatic rings. The quantitative estimate of drug-likeness (QED) is 0.418. The number of benzene rings is 2. The molecule has 2 amide bonds. The Kier molecular flexibility index (Phi) is 6.22. The molecule has 0 spiro atoms. The van der Waals surface area contributed by atoms with E-state index in [-0.39, 0.29) is 5.91 Å². The molecular weight excluding hydrogens is 342 g/mol. The van der Waals surface area contributed by atoms with Gasteiger partial charge in [-0.1, -0.05) is 24.3 Å². The summed E-state index contributed by atoms with van der Waals surface area (Å²) >= 11 is 0. The number of carbonyl (C=O) groups excluding carboxylic acids is 2. The van der Waals surface area contributed by atoms with E-state index < -0.39 is 5.91 Å². The second-order valence-corrected chi connectivity index (χ2v) is 6.47. The van der Waals surface area contributed by atoms with Gasteiger partial charge in [0.1, 0.15) is 0 Å². The highest BCUT2D eigenvalue weighted by Crippen LogP contribution is 2.20. The first-order chi connectivity index (χ1) is 13.2. The number of nitrogens with one attached hydrogen (secondary N) is 2. The zero-order chi connectivity index (χ0) is 19.1. The molecule has 1 fully saturated rings. The third-order valence-corrected chi connectivity index (χ3v) is 4.57. The molecule has 0 aromatic heterocycles. The minimum Gasteiger partial charge on any atom is -0.372 e. The fourth-order valence-corrected chi connectivity index (χ4v) is 3.04. The van der Waals surface area contributed by atoms with Crippen LogP contribution in [-0.2, 0) is 11.3 Å². The molecule has 2 aromatic rings. The van der Waals surface area contributed by atoms with Gasteiger partial charge in [0.25, 0.3) is 11.8 Å². The van der Waals surface area contributed by atoms with Gasteiger partial charge in [-0.25, -0.2) is 5.48 Å². The second kappa shape index (κ2) is 9.00. The molecule has 0 unspecified atom stereocenters. The van der Waals surface area contributed by atoms with Crippen LogP contribution in [0.1, 0.15) is 34.3 Å². The van der Waals surface area contributed by atoms with Crippen molar-refractivity contribution in [2.75, 3.05) is 18.0 Å². The van der Waals surface area contributed by atoms with Crippen molar-refractivity contribution in [2.24, 2.45) is 0 Å². The topological polar surface area (TPSA) is 81.7 Å². The van der Waals surface area contributed by atoms with E-state index in [1.807, 2.05) is 48.5 Å². The van der Waals surface area contributed by atoms with Gasteiger partial charge >= 0.3 is 0 Å². The van der Waals surface area contributed by atoms with Crippen molar-refractivity contribution in [3.05, 3.63) is 71.3 Å². The summed E-state index contributed by atoms with van der Waals surface area (Å²) in [6, 6.07) is 15.2. The molecule has 1 heterocycles. The average Bonchev–Trinajstić information content (AvgIpc) is 3.26. The number of carbonyl (C=O) groups is 2. The third-order valence-electron chi connectivity index (χ3n) is 4.57. The normalized spacial score (nSPS) is 13.7. The summed E-state index contributed by atoms with van der Waals surface area (Å²) in [5.74, 6) is -0.686. The molecule has 0 atom stereocenters. The number of hydroxylamine groups is 1. The Bertz CT molecular complexity index is 808. The molecule has 3 rings (SSSR count). The van der Waals surface area contributed by atoms with Crippen LogP contribution in [0.5, 0.6) is 0 Å². The van der Waals surface area contributed by atoms with Crippen LogP contribution < -0.4 is 15.7 Å². The van der Waals surface area contributed by atoms with Crippen LogP contribution in [0, 0.1) is 0 Å². The molecule has 1 aliphatic heterocycles. The largest absolute Gasteiger partial charge is 0.372 e. The lowest BCUT2D eigenvalue weighted by molar-refractivity contribution is -0.124. The summed E-state index contributed by atoms with van der Waals surface area (Å²) in [6.07, 6.45) is 5.29. The Morgan fingerprint density at radius 2 is 1.67 bits per heavy atom. The van der Waals surface area contributed by atoms with E-state index in [4.69, 9.17) is 5.21 Å². The first-order valence-electron chi connectivity index (χ1n) is 9.00. The highest BCUT2D eigenvalue weighted by Gasteiger charge is 2.13. The van der Waals surface area contributed by atoms with Crippen molar-refractivity contribution in [1.82, 2.24) is 10.8 Å². The molecule has 140 valence electrons. The van der Waals surface area contributed by atoms with E-state index in [1.54, 1.807) is 6.08 Å². The predicted octanol–water partition coefficient (Wildman–Crippen LogP) is 2.74. The summed E-state index contributed by atoms with van der Waals surface area (Å²) in [5.41, 5.74) is 5.14. The van der Waals surface area contributed by atoms with Crippen LogP contribution in [0.15, 0.2) is 54.6 Å². The molecule has 0 bridgehead atoms. The number of anilines is 1. The number of hydrogen-bond donors (Lipinski definition) is 3. The highest BCUT2D eigenvalue weighted by molar-refractivity contribution is 5.94. The first-order valence-corrected chi connectivity index (χ1v) is 9.00. The van der Waals surface area contributed by atoms with Crippen LogP contribution in [0.4, 0.5) is 5.69 Å². The molecule has 6 nitrogen and oxygen atoms in total. The maximum atomic E-state index is 12.3. The SMILES string of the molecule is O=C(/C=C/c1ccc(CNC(=O)c2ccc(N3CCCC3)cc2)cc1)NO. The molecule has 0 radical (unpaired) electrons. The zero-order valence-electron chi connectivity index (χ0n) is 15.0. The van der Waals surface area contributed by atoms with Gasteiger partial charge in [0.05, 0.1) is 0 Å². The number of amides is 2. The van der Waals surface area contributed by atoms with E-state index >= 15 is 0 Å². The monoisotopic (exact) mass is 365 g/mol. The highest BCUT2D eigenvalue weighted by atomic mass is 16.5. The van der Waals surface area contributed by atoms with Crippen molar-refractivity contribution in [3.8, 4) is 0 Å². The van der Waals surface area contributed by atoms with Crippen LogP contribution in [0.25, 0.3) is 6.08 Å². The Morgan fingerprint density at radius 1 is 1.00 bits per heavy atom. The summed E-state index contributed by atoms with van der Waals surface area (Å²) in [5, 5.41) is 11.4. The molecular formula is C21H23N3O3. The summed E-state index contributed by atoms with van der Waals surface area (Å²) < 4.78 is 0. The van der Waals surface area contributed by atoms with Crippen LogP contribution >= 0.6 is 0 Å². The van der Waals surface area contributed by atoms with Gasteiger partial charge < -0.3 is 10.2 Å². The Labute approximate surface area is 158 Å². The molecule has 0 saturated carbocycles. The maximum Gasteiger partial charge on any atom is 0.267 e. The molecule has 1 saturated heterocycles. The lowest BCUT2D eigenvalue weighted by Gasteiger charge is -2.17. The van der Waals surface area contributed by atoms with Crippen molar-refractivity contribution in [1.29, 1.82) is 0 Å². The van der Waals surface area contributed by atoms with E-state index in [1.165, 1.54) is 30.1 Å². The van der Waals surface area contributed by atoms with Crippen molar-refractivity contribution >= 4 is 23.6 Å². The smallest absolute Gasteiger partial charge is 0.267 e. The molecule has 6 heteroatoms. The lowest BCUT2D eigenvalue weighted by Crippen LogP contribution is -2.23. The van der Waals surface area contributed by atoms with Gasteiger partial charge in [-0.15, -0.1) is 0 Å². The zero-order valence-corrected chi connectivity index (χ0v) is 15.0. The molecule has 2 aromatic carbocycles. The third kappa shape index (κ3) is 5.18. The Hall–Kier alpha value is -3.12. The van der Waals surface area contributed by atoms with Crippen LogP contribution in [-0.4, -0.2) is 30.1 Å². The summed E-state index contributed by atoms with van der Waals surface area (Å²) in [6.45, 7) is 2.59. The van der Waals surface area contributed by atoms with Crippen LogP contribution in [0.3, 0.4) is 0 Å². The minimum absolute atomic E-state index is 0.105. The van der Waals surface area contributed by atoms with Crippen molar-refractivity contribution in [3.63, 3.8) is 0 Å². The van der Waals surface area contributed by atoms with Crippen molar-refractivity contribution < 1.29 is 14.8 Å². The first kappa shape index (κ1) is 18.7. The molecule has 3 N–H and O–H groups in total. The van der Waals surface area contributed by atoms with E-state index in [0.717, 1.165) is 24.2 Å². The van der Waals surface area contributed by atoms with Gasteiger partial charge in [0.15, 0.2) is 0 Å². The number of hydrogen-bond acceptors (Lipinski definition) is 4. The van der Waals surface area contributed by atoms with Gasteiger partial charge in [-0.2, -0.15) is 0 Å². The van der Waals surface area contributed by atoms with Gasteiger partial charge in [0.2, 0.25) is 0 Å². The Morgan fingerprint density at radius 3 is 2.30 bits per heavy atom. The van der Waals surface area contributed by atoms with E-state index in [2.05, 4.69) is 10.2 Å². The lowest BCUT2D eigenvalue weighted by atomic mass is 10.1. The van der Waals surface area contributed by atoms with Crippen LogP contribution in [0.2, 0.25) is 0 Å². The van der Waals surface area contributed by atoms with Crippen molar-refractivity contribution in [2.45, 2.75) is 19.4 Å². The minimum atomic E-state index is -0.581. The predicted molar refractivity (Wildman–Crippen MR) is 104 cm³/mol. The number of nitrogens with zero attached hydrogens (tertiary/aromatic N) is 1. The fourth-order valence-electron chi connectivity index (χ4n) is 3.04. The maximum absolute atomic E-state index is 12.3. The molecule has 0 aliphatic carbocycles. The summed E-state index contributed by atoms with van der Waals surface area (Å²) in [4.78, 5) is 25.6.